The molecule has 2 fully saturated rings. The highest BCUT2D eigenvalue weighted by Crippen LogP contribution is 2.27. The number of sulfonamides is 1. The first-order chi connectivity index (χ1) is 15.8. The standard InChI is InChI=1S/C23H28FN3O4S2/c24-20-7-3-2-6-19(20)23(29)26-14-10-17(11-15-26)25-21(28)16-18-8-9-22(32-18)33(30,31)27-12-4-1-5-13-27/h2-3,6-9,17H,1,4-5,10-16H2,(H,25,28). The van der Waals surface area contributed by atoms with Crippen LogP contribution < -0.4 is 5.32 Å². The number of nitrogens with zero attached hydrogens (tertiary/aromatic N) is 2. The van der Waals surface area contributed by atoms with E-state index in [0.29, 0.717) is 43.9 Å². The van der Waals surface area contributed by atoms with Gasteiger partial charge in [-0.2, -0.15) is 4.31 Å². The van der Waals surface area contributed by atoms with Crippen LogP contribution in [0.5, 0.6) is 0 Å². The molecule has 2 amide bonds. The maximum Gasteiger partial charge on any atom is 0.256 e. The monoisotopic (exact) mass is 493 g/mol. The van der Waals surface area contributed by atoms with E-state index >= 15 is 0 Å². The van der Waals surface area contributed by atoms with Gasteiger partial charge in [-0.25, -0.2) is 12.8 Å². The second-order valence-electron chi connectivity index (χ2n) is 8.48. The van der Waals surface area contributed by atoms with Crippen LogP contribution in [0.3, 0.4) is 0 Å². The highest BCUT2D eigenvalue weighted by molar-refractivity contribution is 7.91. The van der Waals surface area contributed by atoms with Crippen molar-refractivity contribution in [3.05, 3.63) is 52.7 Å². The molecule has 1 aromatic carbocycles. The van der Waals surface area contributed by atoms with Gasteiger partial charge in [-0.05, 0) is 49.9 Å². The van der Waals surface area contributed by atoms with Crippen molar-refractivity contribution in [2.45, 2.75) is 48.8 Å². The molecule has 3 heterocycles. The normalized spacial score (nSPS) is 18.3. The molecule has 178 valence electrons. The largest absolute Gasteiger partial charge is 0.353 e. The number of nitrogens with one attached hydrogen (secondary N) is 1. The molecule has 0 aliphatic carbocycles. The van der Waals surface area contributed by atoms with E-state index in [4.69, 9.17) is 0 Å². The third kappa shape index (κ3) is 5.62. The predicted molar refractivity (Wildman–Crippen MR) is 124 cm³/mol. The minimum Gasteiger partial charge on any atom is -0.353 e. The summed E-state index contributed by atoms with van der Waals surface area (Å²) in [7, 11) is -3.49. The van der Waals surface area contributed by atoms with Gasteiger partial charge >= 0.3 is 0 Å². The molecule has 1 N–H and O–H groups in total. The number of hydrogen-bond donors (Lipinski definition) is 1. The van der Waals surface area contributed by atoms with Crippen molar-refractivity contribution in [3.8, 4) is 0 Å². The molecule has 0 bridgehead atoms. The second kappa shape index (κ2) is 10.3. The number of halogens is 1. The molecule has 0 spiro atoms. The Balaban J connectivity index is 1.27. The number of hydrogen-bond acceptors (Lipinski definition) is 5. The number of likely N-dealkylation sites (tertiary alicyclic amines) is 1. The lowest BCUT2D eigenvalue weighted by Crippen LogP contribution is -2.47. The van der Waals surface area contributed by atoms with E-state index < -0.39 is 15.8 Å². The van der Waals surface area contributed by atoms with E-state index in [1.165, 1.54) is 16.4 Å². The lowest BCUT2D eigenvalue weighted by Gasteiger charge is -2.32. The molecule has 0 saturated carbocycles. The Kier molecular flexibility index (Phi) is 7.45. The van der Waals surface area contributed by atoms with Gasteiger partial charge < -0.3 is 10.2 Å². The predicted octanol–water partition coefficient (Wildman–Crippen LogP) is 3.03. The highest BCUT2D eigenvalue weighted by Gasteiger charge is 2.28. The fraction of sp³-hybridized carbons (Fsp3) is 0.478. The SMILES string of the molecule is O=C(Cc1ccc(S(=O)(=O)N2CCCCC2)s1)NC1CCN(C(=O)c2ccccc2F)CC1. The summed E-state index contributed by atoms with van der Waals surface area (Å²) in [5.41, 5.74) is 0.0630. The van der Waals surface area contributed by atoms with Gasteiger partial charge in [0.25, 0.3) is 15.9 Å². The van der Waals surface area contributed by atoms with Crippen LogP contribution in [0.2, 0.25) is 0 Å². The Bertz CT molecular complexity index is 1100. The quantitative estimate of drug-likeness (QED) is 0.670. The number of benzene rings is 1. The molecule has 0 atom stereocenters. The van der Waals surface area contributed by atoms with Crippen LogP contribution in [0.25, 0.3) is 0 Å². The number of thiophene rings is 1. The number of piperidine rings is 2. The summed E-state index contributed by atoms with van der Waals surface area (Å²) in [6.07, 6.45) is 4.11. The van der Waals surface area contributed by atoms with Gasteiger partial charge in [0.1, 0.15) is 10.0 Å². The van der Waals surface area contributed by atoms with Gasteiger partial charge in [0.15, 0.2) is 0 Å². The topological polar surface area (TPSA) is 86.8 Å². The van der Waals surface area contributed by atoms with Gasteiger partial charge in [-0.15, -0.1) is 11.3 Å². The second-order valence-corrected chi connectivity index (χ2v) is 11.8. The maximum atomic E-state index is 13.9. The van der Waals surface area contributed by atoms with Gasteiger partial charge in [0.05, 0.1) is 12.0 Å². The molecule has 2 aliphatic heterocycles. The first kappa shape index (κ1) is 23.8. The lowest BCUT2D eigenvalue weighted by molar-refractivity contribution is -0.121. The summed E-state index contributed by atoms with van der Waals surface area (Å²) in [6.45, 7) is 1.98. The zero-order valence-electron chi connectivity index (χ0n) is 18.3. The summed E-state index contributed by atoms with van der Waals surface area (Å²) in [5, 5.41) is 2.99. The smallest absolute Gasteiger partial charge is 0.256 e. The van der Waals surface area contributed by atoms with Crippen LogP contribution in [-0.4, -0.2) is 61.7 Å². The highest BCUT2D eigenvalue weighted by atomic mass is 32.2. The van der Waals surface area contributed by atoms with E-state index in [1.54, 1.807) is 29.2 Å². The van der Waals surface area contributed by atoms with E-state index in [2.05, 4.69) is 5.32 Å². The zero-order chi connectivity index (χ0) is 23.4. The van der Waals surface area contributed by atoms with E-state index in [0.717, 1.165) is 30.6 Å². The van der Waals surface area contributed by atoms with Crippen LogP contribution in [0.1, 0.15) is 47.3 Å². The van der Waals surface area contributed by atoms with Gasteiger partial charge in [-0.3, -0.25) is 9.59 Å². The Morgan fingerprint density at radius 1 is 1.00 bits per heavy atom. The van der Waals surface area contributed by atoms with E-state index in [-0.39, 0.29) is 34.0 Å². The summed E-state index contributed by atoms with van der Waals surface area (Å²) >= 11 is 1.15. The summed E-state index contributed by atoms with van der Waals surface area (Å²) in [5.74, 6) is -1.04. The van der Waals surface area contributed by atoms with Crippen LogP contribution in [0, 0.1) is 5.82 Å². The minimum absolute atomic E-state index is 0.0630. The summed E-state index contributed by atoms with van der Waals surface area (Å²) < 4.78 is 41.3. The summed E-state index contributed by atoms with van der Waals surface area (Å²) in [6, 6.07) is 9.16. The number of carbonyl (C=O) groups excluding carboxylic acids is 2. The van der Waals surface area contributed by atoms with Crippen LogP contribution >= 0.6 is 11.3 Å². The number of amides is 2. The Morgan fingerprint density at radius 2 is 1.70 bits per heavy atom. The Morgan fingerprint density at radius 3 is 2.39 bits per heavy atom. The Hall–Kier alpha value is -2.30. The molecule has 0 radical (unpaired) electrons. The summed E-state index contributed by atoms with van der Waals surface area (Å²) in [4.78, 5) is 27.4. The fourth-order valence-electron chi connectivity index (χ4n) is 4.29. The molecule has 10 heteroatoms. The van der Waals surface area contributed by atoms with Gasteiger partial charge in [0.2, 0.25) is 5.91 Å². The van der Waals surface area contributed by atoms with Crippen molar-refractivity contribution in [3.63, 3.8) is 0 Å². The van der Waals surface area contributed by atoms with Crippen LogP contribution in [0.4, 0.5) is 4.39 Å². The van der Waals surface area contributed by atoms with Crippen molar-refractivity contribution >= 4 is 33.2 Å². The average Bonchev–Trinajstić information content (AvgIpc) is 3.29. The molecular weight excluding hydrogens is 465 g/mol. The molecule has 2 saturated heterocycles. The minimum atomic E-state index is -3.49. The van der Waals surface area contributed by atoms with Crippen molar-refractivity contribution < 1.29 is 22.4 Å². The molecule has 2 aromatic rings. The van der Waals surface area contributed by atoms with Gasteiger partial charge in [0, 0.05) is 37.1 Å². The third-order valence-electron chi connectivity index (χ3n) is 6.13. The molecule has 7 nitrogen and oxygen atoms in total. The molecule has 33 heavy (non-hydrogen) atoms. The van der Waals surface area contributed by atoms with Crippen LogP contribution in [0.15, 0.2) is 40.6 Å². The molecular formula is C23H28FN3O4S2. The van der Waals surface area contributed by atoms with Crippen LogP contribution in [-0.2, 0) is 21.2 Å². The molecule has 1 aromatic heterocycles. The number of carbonyl (C=O) groups is 2. The zero-order valence-corrected chi connectivity index (χ0v) is 20.0. The van der Waals surface area contributed by atoms with Crippen molar-refractivity contribution in [1.82, 2.24) is 14.5 Å². The third-order valence-corrected chi connectivity index (χ3v) is 9.58. The molecule has 2 aliphatic rings. The maximum absolute atomic E-state index is 13.9. The first-order valence-corrected chi connectivity index (χ1v) is 13.5. The van der Waals surface area contributed by atoms with E-state index in [9.17, 15) is 22.4 Å². The lowest BCUT2D eigenvalue weighted by atomic mass is 10.0. The Labute approximate surface area is 197 Å². The van der Waals surface area contributed by atoms with Crippen molar-refractivity contribution in [2.75, 3.05) is 26.2 Å². The molecule has 4 rings (SSSR count). The molecule has 0 unspecified atom stereocenters. The van der Waals surface area contributed by atoms with E-state index in [1.807, 2.05) is 0 Å². The van der Waals surface area contributed by atoms with Gasteiger partial charge in [-0.1, -0.05) is 18.6 Å². The first-order valence-electron chi connectivity index (χ1n) is 11.3. The fourth-order valence-corrected chi connectivity index (χ4v) is 7.32. The van der Waals surface area contributed by atoms with Crippen molar-refractivity contribution in [2.24, 2.45) is 0 Å². The number of rotatable bonds is 6. The average molecular weight is 494 g/mol. The van der Waals surface area contributed by atoms with Crippen molar-refractivity contribution in [1.29, 1.82) is 0 Å².